The Morgan fingerprint density at radius 3 is 2.79 bits per heavy atom. The van der Waals surface area contributed by atoms with Gasteiger partial charge in [0.1, 0.15) is 17.7 Å². The summed E-state index contributed by atoms with van der Waals surface area (Å²) < 4.78 is 20.8. The van der Waals surface area contributed by atoms with Gasteiger partial charge >= 0.3 is 6.03 Å². The van der Waals surface area contributed by atoms with Gasteiger partial charge in [-0.25, -0.2) is 9.18 Å². The minimum Gasteiger partial charge on any atom is -0.488 e. The molecule has 1 aromatic carbocycles. The number of piperazine rings is 1. The van der Waals surface area contributed by atoms with E-state index in [1.807, 2.05) is 11.0 Å². The Morgan fingerprint density at radius 2 is 1.97 bits per heavy atom. The number of nitrogens with one attached hydrogen (secondary N) is 1. The van der Waals surface area contributed by atoms with Crippen LogP contribution in [0.3, 0.4) is 0 Å². The summed E-state index contributed by atoms with van der Waals surface area (Å²) in [5.41, 5.74) is 3.69. The van der Waals surface area contributed by atoms with Gasteiger partial charge in [-0.3, -0.25) is 4.90 Å². The zero-order valence-electron chi connectivity index (χ0n) is 20.0. The molecule has 5 rings (SSSR count). The largest absolute Gasteiger partial charge is 0.488 e. The number of unbranched alkanes of at least 4 members (excludes halogenated alkanes) is 1. The van der Waals surface area contributed by atoms with E-state index in [1.165, 1.54) is 36.8 Å². The number of hydrogen-bond donors (Lipinski definition) is 1. The van der Waals surface area contributed by atoms with Gasteiger partial charge in [-0.1, -0.05) is 32.3 Å². The molecule has 1 saturated heterocycles. The summed E-state index contributed by atoms with van der Waals surface area (Å²) in [6.45, 7) is 7.04. The first-order valence-electron chi connectivity index (χ1n) is 13.1. The van der Waals surface area contributed by atoms with Crippen LogP contribution in [0.25, 0.3) is 5.76 Å². The number of ether oxygens (including phenoxy) is 1. The van der Waals surface area contributed by atoms with Crippen molar-refractivity contribution in [3.63, 3.8) is 0 Å². The number of halogens is 1. The number of benzene rings is 1. The first kappa shape index (κ1) is 22.7. The van der Waals surface area contributed by atoms with Gasteiger partial charge in [0.15, 0.2) is 0 Å². The van der Waals surface area contributed by atoms with Crippen molar-refractivity contribution in [2.45, 2.75) is 64.4 Å². The molecule has 6 heteroatoms. The topological polar surface area (TPSA) is 44.8 Å². The highest BCUT2D eigenvalue weighted by atomic mass is 19.1. The summed E-state index contributed by atoms with van der Waals surface area (Å²) >= 11 is 0. The molecular formula is C27H38FN3O2. The van der Waals surface area contributed by atoms with Crippen molar-refractivity contribution in [1.29, 1.82) is 0 Å². The Kier molecular flexibility index (Phi) is 6.91. The molecule has 0 spiro atoms. The first-order valence-corrected chi connectivity index (χ1v) is 13.1. The maximum absolute atomic E-state index is 14.2. The number of urea groups is 1. The molecule has 2 heterocycles. The Labute approximate surface area is 197 Å². The molecule has 2 fully saturated rings. The van der Waals surface area contributed by atoms with Gasteiger partial charge in [-0.05, 0) is 60.8 Å². The maximum atomic E-state index is 14.2. The maximum Gasteiger partial charge on any atom is 0.317 e. The van der Waals surface area contributed by atoms with Crippen molar-refractivity contribution >= 4 is 11.8 Å². The third kappa shape index (κ3) is 4.91. The van der Waals surface area contributed by atoms with E-state index < -0.39 is 0 Å². The Bertz CT molecular complexity index is 893. The summed E-state index contributed by atoms with van der Waals surface area (Å²) in [7, 11) is 0. The smallest absolute Gasteiger partial charge is 0.317 e. The van der Waals surface area contributed by atoms with Gasteiger partial charge in [0.25, 0.3) is 0 Å². The molecule has 180 valence electrons. The van der Waals surface area contributed by atoms with Gasteiger partial charge in [0, 0.05) is 51.3 Å². The number of carbonyl (C=O) groups excluding carboxylic acids is 1. The average molecular weight is 456 g/mol. The third-order valence-electron chi connectivity index (χ3n) is 8.11. The van der Waals surface area contributed by atoms with Crippen molar-refractivity contribution in [2.75, 3.05) is 39.3 Å². The van der Waals surface area contributed by atoms with Crippen LogP contribution in [0, 0.1) is 17.7 Å². The lowest BCUT2D eigenvalue weighted by Crippen LogP contribution is -2.53. The van der Waals surface area contributed by atoms with Crippen LogP contribution in [0.2, 0.25) is 0 Å². The summed E-state index contributed by atoms with van der Waals surface area (Å²) in [4.78, 5) is 16.7. The summed E-state index contributed by atoms with van der Waals surface area (Å²) in [5, 5.41) is 3.03. The highest BCUT2D eigenvalue weighted by Crippen LogP contribution is 2.49. The molecule has 0 bridgehead atoms. The molecule has 2 aliphatic carbocycles. The van der Waals surface area contributed by atoms with Crippen LogP contribution in [-0.4, -0.2) is 61.2 Å². The number of rotatable bonds is 5. The lowest BCUT2D eigenvalue weighted by Gasteiger charge is -2.36. The number of amides is 2. The lowest BCUT2D eigenvalue weighted by atomic mass is 9.73. The normalized spacial score (nSPS) is 27.3. The molecule has 2 unspecified atom stereocenters. The van der Waals surface area contributed by atoms with E-state index in [4.69, 9.17) is 4.74 Å². The number of hydrogen-bond acceptors (Lipinski definition) is 3. The zero-order chi connectivity index (χ0) is 22.8. The van der Waals surface area contributed by atoms with Crippen LogP contribution < -0.4 is 5.32 Å². The molecule has 33 heavy (non-hydrogen) atoms. The van der Waals surface area contributed by atoms with E-state index in [2.05, 4.69) is 17.1 Å². The number of nitrogens with zero attached hydrogens (tertiary/aromatic N) is 2. The van der Waals surface area contributed by atoms with Crippen LogP contribution in [0.4, 0.5) is 9.18 Å². The van der Waals surface area contributed by atoms with Crippen LogP contribution >= 0.6 is 0 Å². The molecule has 2 amide bonds. The van der Waals surface area contributed by atoms with Crippen molar-refractivity contribution < 1.29 is 13.9 Å². The summed E-state index contributed by atoms with van der Waals surface area (Å²) in [6.07, 6.45) is 9.34. The molecule has 0 aromatic heterocycles. The summed E-state index contributed by atoms with van der Waals surface area (Å²) in [6, 6.07) is 5.34. The second-order valence-corrected chi connectivity index (χ2v) is 10.3. The fourth-order valence-electron chi connectivity index (χ4n) is 6.32. The van der Waals surface area contributed by atoms with E-state index in [0.29, 0.717) is 11.8 Å². The minimum atomic E-state index is -0.175. The van der Waals surface area contributed by atoms with Gasteiger partial charge in [-0.15, -0.1) is 0 Å². The van der Waals surface area contributed by atoms with Crippen molar-refractivity contribution in [3.05, 3.63) is 40.7 Å². The van der Waals surface area contributed by atoms with E-state index in [1.54, 1.807) is 12.1 Å². The Hall–Kier alpha value is -2.08. The summed E-state index contributed by atoms with van der Waals surface area (Å²) in [5.74, 6) is 2.05. The average Bonchev–Trinajstić information content (AvgIpc) is 3.19. The van der Waals surface area contributed by atoms with Crippen molar-refractivity contribution in [2.24, 2.45) is 11.8 Å². The first-order chi connectivity index (χ1) is 16.1. The molecule has 3 atom stereocenters. The van der Waals surface area contributed by atoms with Gasteiger partial charge < -0.3 is 15.0 Å². The molecule has 1 N–H and O–H groups in total. The molecule has 1 aromatic rings. The fraction of sp³-hybridized carbons (Fsp3) is 0.667. The quantitative estimate of drug-likeness (QED) is 0.648. The number of fused-ring (bicyclic) bond motifs is 4. The van der Waals surface area contributed by atoms with Gasteiger partial charge in [0.05, 0.1) is 0 Å². The van der Waals surface area contributed by atoms with Gasteiger partial charge in [0.2, 0.25) is 0 Å². The third-order valence-corrected chi connectivity index (χ3v) is 8.11. The standard InChI is InChI=1S/C27H38FN3O2/c1-2-3-10-29-27(32)31-13-11-30(12-14-31)18-22-17-25-23-7-5-4-6-19(23)15-20-8-9-21(28)16-24(20)26(25)33-22/h8-9,16,19,22-23H,2-7,10-15,17-18H2,1H3,(H,29,32)/t19-,22?,23?/m1/s1. The molecule has 4 aliphatic rings. The van der Waals surface area contributed by atoms with Crippen LogP contribution in [-0.2, 0) is 11.2 Å². The van der Waals surface area contributed by atoms with Crippen molar-refractivity contribution in [3.8, 4) is 0 Å². The Balaban J connectivity index is 1.23. The molecule has 2 aliphatic heterocycles. The van der Waals surface area contributed by atoms with E-state index >= 15 is 0 Å². The van der Waals surface area contributed by atoms with E-state index in [-0.39, 0.29) is 18.0 Å². The number of carbonyl (C=O) groups is 1. The van der Waals surface area contributed by atoms with E-state index in [9.17, 15) is 9.18 Å². The van der Waals surface area contributed by atoms with Crippen LogP contribution in [0.15, 0.2) is 23.8 Å². The Morgan fingerprint density at radius 1 is 1.15 bits per heavy atom. The van der Waals surface area contributed by atoms with Gasteiger partial charge in [-0.2, -0.15) is 0 Å². The lowest BCUT2D eigenvalue weighted by molar-refractivity contribution is 0.0884. The molecule has 5 nitrogen and oxygen atoms in total. The highest BCUT2D eigenvalue weighted by molar-refractivity contribution is 5.74. The van der Waals surface area contributed by atoms with Crippen LogP contribution in [0.5, 0.6) is 0 Å². The fourth-order valence-corrected chi connectivity index (χ4v) is 6.32. The predicted molar refractivity (Wildman–Crippen MR) is 128 cm³/mol. The van der Waals surface area contributed by atoms with Crippen molar-refractivity contribution in [1.82, 2.24) is 15.1 Å². The second kappa shape index (κ2) is 10.0. The van der Waals surface area contributed by atoms with E-state index in [0.717, 1.165) is 76.3 Å². The monoisotopic (exact) mass is 455 g/mol. The predicted octanol–water partition coefficient (Wildman–Crippen LogP) is 4.82. The SMILES string of the molecule is CCCCNC(=O)N1CCN(CC2CC3=C(O2)c2cc(F)ccc2C[C@H]2CCCCC32)CC1. The second-order valence-electron chi connectivity index (χ2n) is 10.3. The molecule has 1 saturated carbocycles. The highest BCUT2D eigenvalue weighted by Gasteiger charge is 2.40. The molecular weight excluding hydrogens is 417 g/mol. The minimum absolute atomic E-state index is 0.0653. The zero-order valence-corrected chi connectivity index (χ0v) is 20.0. The van der Waals surface area contributed by atoms with Crippen LogP contribution in [0.1, 0.15) is 63.0 Å². The molecule has 0 radical (unpaired) electrons.